The van der Waals surface area contributed by atoms with Crippen molar-refractivity contribution in [3.63, 3.8) is 0 Å². The van der Waals surface area contributed by atoms with Crippen molar-refractivity contribution >= 4 is 33.1 Å². The average molecular weight is 315 g/mol. The third kappa shape index (κ3) is 6.76. The summed E-state index contributed by atoms with van der Waals surface area (Å²) >= 11 is 8.34. The fourth-order valence-corrected chi connectivity index (χ4v) is 2.30. The van der Waals surface area contributed by atoms with Crippen LogP contribution >= 0.6 is 28.1 Å². The minimum absolute atomic E-state index is 0.625. The number of hydrogen-bond acceptors (Lipinski definition) is 2. The summed E-state index contributed by atoms with van der Waals surface area (Å²) in [6, 6.07) is 8.42. The molecule has 0 aromatic heterocycles. The number of benzene rings is 1. The van der Waals surface area contributed by atoms with Crippen LogP contribution in [0.25, 0.3) is 0 Å². The summed E-state index contributed by atoms with van der Waals surface area (Å²) in [5.74, 6) is 0. The number of halogens is 1. The molecular weight excluding hydrogens is 296 g/mol. The Bertz CT molecular complexity index is 368. The lowest BCUT2D eigenvalue weighted by molar-refractivity contribution is 0.319. The van der Waals surface area contributed by atoms with Crippen molar-refractivity contribution in [3.8, 4) is 0 Å². The van der Waals surface area contributed by atoms with Gasteiger partial charge in [0.1, 0.15) is 0 Å². The summed E-state index contributed by atoms with van der Waals surface area (Å²) in [4.78, 5) is 2.95. The quantitative estimate of drug-likeness (QED) is 0.618. The topological polar surface area (TPSA) is 29.3 Å². The van der Waals surface area contributed by atoms with Gasteiger partial charge in [0.05, 0.1) is 4.99 Å². The molecule has 0 aliphatic carbocycles. The van der Waals surface area contributed by atoms with E-state index in [4.69, 9.17) is 18.0 Å². The Hall–Kier alpha value is -0.450. The van der Waals surface area contributed by atoms with E-state index in [1.807, 2.05) is 6.07 Å². The summed E-state index contributed by atoms with van der Waals surface area (Å²) < 4.78 is 1.14. The van der Waals surface area contributed by atoms with Crippen molar-refractivity contribution in [2.24, 2.45) is 5.73 Å². The molecule has 2 nitrogen and oxygen atoms in total. The predicted molar refractivity (Wildman–Crippen MR) is 81.1 cm³/mol. The van der Waals surface area contributed by atoms with Gasteiger partial charge in [0, 0.05) is 11.0 Å². The Balaban J connectivity index is 2.25. The highest BCUT2D eigenvalue weighted by atomic mass is 79.9. The highest BCUT2D eigenvalue weighted by molar-refractivity contribution is 9.10. The summed E-state index contributed by atoms with van der Waals surface area (Å²) in [6.45, 7) is 2.06. The van der Waals surface area contributed by atoms with Gasteiger partial charge in [-0.25, -0.2) is 0 Å². The Morgan fingerprint density at radius 1 is 1.41 bits per heavy atom. The summed E-state index contributed by atoms with van der Waals surface area (Å²) in [5, 5.41) is 0. The molecule has 0 aliphatic rings. The van der Waals surface area contributed by atoms with E-state index in [1.54, 1.807) is 0 Å². The average Bonchev–Trinajstić information content (AvgIpc) is 2.24. The molecule has 0 bridgehead atoms. The third-order valence-corrected chi connectivity index (χ3v) is 3.25. The van der Waals surface area contributed by atoms with Crippen molar-refractivity contribution in [2.45, 2.75) is 25.8 Å². The van der Waals surface area contributed by atoms with E-state index >= 15 is 0 Å². The minimum atomic E-state index is 0.625. The van der Waals surface area contributed by atoms with Crippen molar-refractivity contribution in [2.75, 3.05) is 13.6 Å². The number of thiocarbonyl (C=S) groups is 1. The van der Waals surface area contributed by atoms with Gasteiger partial charge in [-0.15, -0.1) is 0 Å². The second-order valence-corrected chi connectivity index (χ2v) is 5.73. The Labute approximate surface area is 117 Å². The van der Waals surface area contributed by atoms with Gasteiger partial charge in [-0.3, -0.25) is 0 Å². The number of nitrogens with zero attached hydrogens (tertiary/aromatic N) is 1. The van der Waals surface area contributed by atoms with E-state index < -0.39 is 0 Å². The maximum atomic E-state index is 5.46. The van der Waals surface area contributed by atoms with Crippen LogP contribution in [0.15, 0.2) is 28.7 Å². The van der Waals surface area contributed by atoms with Crippen molar-refractivity contribution in [3.05, 3.63) is 34.3 Å². The fraction of sp³-hybridized carbons (Fsp3) is 0.462. The van der Waals surface area contributed by atoms with Crippen molar-refractivity contribution in [1.82, 2.24) is 4.90 Å². The highest BCUT2D eigenvalue weighted by Crippen LogP contribution is 2.13. The lowest BCUT2D eigenvalue weighted by Crippen LogP contribution is -2.19. The number of hydrogen-bond donors (Lipinski definition) is 1. The fourth-order valence-electron chi connectivity index (χ4n) is 1.71. The van der Waals surface area contributed by atoms with E-state index in [1.165, 1.54) is 5.56 Å². The first-order valence-corrected chi connectivity index (χ1v) is 6.99. The zero-order valence-electron chi connectivity index (χ0n) is 10.2. The van der Waals surface area contributed by atoms with E-state index in [0.29, 0.717) is 4.99 Å². The zero-order chi connectivity index (χ0) is 12.7. The molecule has 0 unspecified atom stereocenters. The van der Waals surface area contributed by atoms with Gasteiger partial charge >= 0.3 is 0 Å². The smallest absolute Gasteiger partial charge is 0.0727 e. The molecule has 2 N–H and O–H groups in total. The molecule has 0 heterocycles. The SMILES string of the molecule is CN(CCCCC(N)=S)Cc1cccc(Br)c1. The highest BCUT2D eigenvalue weighted by Gasteiger charge is 2.01. The van der Waals surface area contributed by atoms with E-state index in [9.17, 15) is 0 Å². The lowest BCUT2D eigenvalue weighted by Gasteiger charge is -2.16. The molecule has 0 saturated carbocycles. The van der Waals surface area contributed by atoms with Gasteiger partial charge in [-0.05, 0) is 50.6 Å². The second kappa shape index (κ2) is 7.80. The maximum Gasteiger partial charge on any atom is 0.0727 e. The van der Waals surface area contributed by atoms with E-state index in [0.717, 1.165) is 36.8 Å². The van der Waals surface area contributed by atoms with Crippen molar-refractivity contribution in [1.29, 1.82) is 0 Å². The first-order chi connectivity index (χ1) is 8.08. The van der Waals surface area contributed by atoms with Gasteiger partial charge in [-0.1, -0.05) is 40.3 Å². The first kappa shape index (κ1) is 14.6. The van der Waals surface area contributed by atoms with Crippen LogP contribution in [-0.2, 0) is 6.54 Å². The second-order valence-electron chi connectivity index (χ2n) is 4.29. The third-order valence-electron chi connectivity index (χ3n) is 2.55. The van der Waals surface area contributed by atoms with Crippen LogP contribution in [-0.4, -0.2) is 23.5 Å². The molecule has 0 atom stereocenters. The van der Waals surface area contributed by atoms with Crippen LogP contribution in [0.1, 0.15) is 24.8 Å². The monoisotopic (exact) mass is 314 g/mol. The molecule has 0 aliphatic heterocycles. The van der Waals surface area contributed by atoms with Crippen LogP contribution < -0.4 is 5.73 Å². The largest absolute Gasteiger partial charge is 0.393 e. The van der Waals surface area contributed by atoms with Crippen LogP contribution in [0.5, 0.6) is 0 Å². The summed E-state index contributed by atoms with van der Waals surface area (Å²) in [6.07, 6.45) is 3.08. The van der Waals surface area contributed by atoms with Crippen LogP contribution in [0.2, 0.25) is 0 Å². The Kier molecular flexibility index (Phi) is 6.70. The molecule has 4 heteroatoms. The van der Waals surface area contributed by atoms with Gasteiger partial charge in [0.25, 0.3) is 0 Å². The van der Waals surface area contributed by atoms with Crippen LogP contribution in [0.3, 0.4) is 0 Å². The minimum Gasteiger partial charge on any atom is -0.393 e. The summed E-state index contributed by atoms with van der Waals surface area (Å²) in [5.41, 5.74) is 6.79. The number of nitrogens with two attached hydrogens (primary N) is 1. The maximum absolute atomic E-state index is 5.46. The van der Waals surface area contributed by atoms with Crippen molar-refractivity contribution < 1.29 is 0 Å². The molecule has 0 amide bonds. The normalized spacial score (nSPS) is 10.8. The summed E-state index contributed by atoms with van der Waals surface area (Å²) in [7, 11) is 2.14. The Morgan fingerprint density at radius 2 is 2.18 bits per heavy atom. The molecule has 0 radical (unpaired) electrons. The molecule has 94 valence electrons. The van der Waals surface area contributed by atoms with Gasteiger partial charge in [-0.2, -0.15) is 0 Å². The molecule has 1 rings (SSSR count). The standard InChI is InChI=1S/C13H19BrN2S/c1-16(8-3-2-7-13(15)17)10-11-5-4-6-12(14)9-11/h4-6,9H,2-3,7-8,10H2,1H3,(H2,15,17). The van der Waals surface area contributed by atoms with Crippen LogP contribution in [0.4, 0.5) is 0 Å². The zero-order valence-corrected chi connectivity index (χ0v) is 12.6. The van der Waals surface area contributed by atoms with E-state index in [-0.39, 0.29) is 0 Å². The van der Waals surface area contributed by atoms with E-state index in [2.05, 4.69) is 46.1 Å². The number of unbranched alkanes of at least 4 members (excludes halogenated alkanes) is 1. The molecule has 17 heavy (non-hydrogen) atoms. The molecule has 0 fully saturated rings. The molecule has 1 aromatic carbocycles. The predicted octanol–water partition coefficient (Wildman–Crippen LogP) is 3.34. The number of rotatable bonds is 7. The Morgan fingerprint density at radius 3 is 2.82 bits per heavy atom. The molecule has 0 spiro atoms. The lowest BCUT2D eigenvalue weighted by atomic mass is 10.2. The van der Waals surface area contributed by atoms with Gasteiger partial charge in [0.15, 0.2) is 0 Å². The molecule has 1 aromatic rings. The van der Waals surface area contributed by atoms with Gasteiger partial charge in [0.2, 0.25) is 0 Å². The van der Waals surface area contributed by atoms with Crippen LogP contribution in [0, 0.1) is 0 Å². The van der Waals surface area contributed by atoms with Gasteiger partial charge < -0.3 is 10.6 Å². The molecule has 0 saturated heterocycles. The first-order valence-electron chi connectivity index (χ1n) is 5.79. The molecular formula is C13H19BrN2S.